The molecule has 2 aromatic rings. The number of esters is 2. The Labute approximate surface area is 251 Å². The van der Waals surface area contributed by atoms with E-state index in [2.05, 4.69) is 0 Å². The average molecular weight is 603 g/mol. The third kappa shape index (κ3) is 8.82. The Morgan fingerprint density at radius 3 is 1.88 bits per heavy atom. The fraction of sp³-hybridized carbons (Fsp3) is 0.562. The Balaban J connectivity index is 1.63. The first-order valence-corrected chi connectivity index (χ1v) is 14.5. The monoisotopic (exact) mass is 602 g/mol. The number of carbonyl (C=O) groups excluding carboxylic acids is 2. The fourth-order valence-corrected chi connectivity index (χ4v) is 5.35. The molecule has 2 aliphatic rings. The van der Waals surface area contributed by atoms with E-state index in [9.17, 15) is 19.8 Å². The highest BCUT2D eigenvalue weighted by Gasteiger charge is 2.52. The minimum Gasteiger partial charge on any atom is -0.463 e. The lowest BCUT2D eigenvalue weighted by atomic mass is 9.88. The van der Waals surface area contributed by atoms with Crippen molar-refractivity contribution in [3.63, 3.8) is 0 Å². The molecule has 2 N–H and O–H groups in total. The van der Waals surface area contributed by atoms with E-state index in [1.807, 2.05) is 74.5 Å². The second kappa shape index (κ2) is 15.7. The minimum absolute atomic E-state index is 0.101. The first-order valence-electron chi connectivity index (χ1n) is 14.5. The molecule has 0 amide bonds. The predicted molar refractivity (Wildman–Crippen MR) is 152 cm³/mol. The molecule has 0 bridgehead atoms. The molecule has 11 nitrogen and oxygen atoms in total. The zero-order valence-corrected chi connectivity index (χ0v) is 24.9. The zero-order valence-electron chi connectivity index (χ0n) is 24.9. The van der Waals surface area contributed by atoms with Crippen LogP contribution in [0, 0.1) is 5.92 Å². The molecule has 0 spiro atoms. The van der Waals surface area contributed by atoms with E-state index in [0.29, 0.717) is 0 Å². The van der Waals surface area contributed by atoms with Crippen LogP contribution in [0.25, 0.3) is 0 Å². The normalized spacial score (nSPS) is 32.6. The average Bonchev–Trinajstić information content (AvgIpc) is 2.99. The highest BCUT2D eigenvalue weighted by Crippen LogP contribution is 2.35. The summed E-state index contributed by atoms with van der Waals surface area (Å²) in [4.78, 5) is 24.0. The van der Waals surface area contributed by atoms with Crippen molar-refractivity contribution in [1.29, 1.82) is 0 Å². The van der Waals surface area contributed by atoms with E-state index in [4.69, 9.17) is 33.2 Å². The van der Waals surface area contributed by atoms with E-state index in [0.717, 1.165) is 11.1 Å². The second-order valence-corrected chi connectivity index (χ2v) is 11.0. The SMILES string of the molecule is CC(=O)OCC1OC(C)C(C)C(OCc2ccccc2)C1OC1OC(CO)C(O)C(OCc2ccccc2)C1OC(C)=O. The van der Waals surface area contributed by atoms with Crippen molar-refractivity contribution in [2.75, 3.05) is 13.2 Å². The molecule has 10 atom stereocenters. The molecule has 2 saturated heterocycles. The first-order chi connectivity index (χ1) is 20.7. The molecular formula is C32H42O11. The van der Waals surface area contributed by atoms with Gasteiger partial charge in [-0.1, -0.05) is 67.6 Å². The van der Waals surface area contributed by atoms with E-state index in [1.54, 1.807) is 0 Å². The second-order valence-electron chi connectivity index (χ2n) is 11.0. The molecule has 0 saturated carbocycles. The van der Waals surface area contributed by atoms with Crippen molar-refractivity contribution >= 4 is 11.9 Å². The number of hydrogen-bond donors (Lipinski definition) is 2. The zero-order chi connectivity index (χ0) is 30.9. The van der Waals surface area contributed by atoms with Gasteiger partial charge in [0.15, 0.2) is 12.4 Å². The van der Waals surface area contributed by atoms with Gasteiger partial charge in [0.25, 0.3) is 0 Å². The summed E-state index contributed by atoms with van der Waals surface area (Å²) in [6.07, 6.45) is -8.49. The fourth-order valence-electron chi connectivity index (χ4n) is 5.35. The van der Waals surface area contributed by atoms with Gasteiger partial charge in [-0.15, -0.1) is 0 Å². The van der Waals surface area contributed by atoms with Crippen molar-refractivity contribution in [2.45, 2.75) is 96.0 Å². The molecule has 2 fully saturated rings. The van der Waals surface area contributed by atoms with Gasteiger partial charge in [-0.25, -0.2) is 0 Å². The molecule has 11 heteroatoms. The number of carbonyl (C=O) groups is 2. The minimum atomic E-state index is -1.33. The summed E-state index contributed by atoms with van der Waals surface area (Å²) in [5.41, 5.74) is 1.79. The van der Waals surface area contributed by atoms with E-state index in [1.165, 1.54) is 13.8 Å². The van der Waals surface area contributed by atoms with Crippen LogP contribution in [0.4, 0.5) is 0 Å². The van der Waals surface area contributed by atoms with Crippen LogP contribution in [0.2, 0.25) is 0 Å². The van der Waals surface area contributed by atoms with Gasteiger partial charge >= 0.3 is 11.9 Å². The van der Waals surface area contributed by atoms with Gasteiger partial charge in [-0.3, -0.25) is 9.59 Å². The Bertz CT molecular complexity index is 1150. The maximum Gasteiger partial charge on any atom is 0.303 e. The molecule has 43 heavy (non-hydrogen) atoms. The van der Waals surface area contributed by atoms with Gasteiger partial charge in [0.05, 0.1) is 32.0 Å². The third-order valence-corrected chi connectivity index (χ3v) is 7.75. The number of rotatable bonds is 12. The largest absolute Gasteiger partial charge is 0.463 e. The smallest absolute Gasteiger partial charge is 0.303 e. The van der Waals surface area contributed by atoms with E-state index >= 15 is 0 Å². The number of benzene rings is 2. The summed E-state index contributed by atoms with van der Waals surface area (Å²) < 4.78 is 42.2. The topological polar surface area (TPSA) is 139 Å². The predicted octanol–water partition coefficient (Wildman–Crippen LogP) is 2.54. The third-order valence-electron chi connectivity index (χ3n) is 7.75. The van der Waals surface area contributed by atoms with Crippen molar-refractivity contribution in [1.82, 2.24) is 0 Å². The van der Waals surface area contributed by atoms with Crippen molar-refractivity contribution in [3.05, 3.63) is 71.8 Å². The standard InChI is InChI=1S/C32H42O11/c1-19-20(2)40-26(18-37-21(3)34)29(28(19)38-16-23-11-7-5-8-12-23)43-32-31(41-22(4)35)30(27(36)25(15-33)42-32)39-17-24-13-9-6-10-14-24/h5-14,19-20,25-33,36H,15-18H2,1-4H3. The molecule has 236 valence electrons. The molecule has 2 aliphatic heterocycles. The molecule has 10 unspecified atom stereocenters. The van der Waals surface area contributed by atoms with Crippen LogP contribution in [0.3, 0.4) is 0 Å². The van der Waals surface area contributed by atoms with Gasteiger partial charge in [-0.2, -0.15) is 0 Å². The molecule has 0 aromatic heterocycles. The lowest BCUT2D eigenvalue weighted by Gasteiger charge is -2.48. The van der Waals surface area contributed by atoms with Crippen LogP contribution < -0.4 is 0 Å². The van der Waals surface area contributed by atoms with Gasteiger partial charge in [-0.05, 0) is 18.1 Å². The van der Waals surface area contributed by atoms with Crippen molar-refractivity contribution in [2.24, 2.45) is 5.92 Å². The molecule has 0 aliphatic carbocycles. The van der Waals surface area contributed by atoms with Gasteiger partial charge in [0.1, 0.15) is 37.1 Å². The van der Waals surface area contributed by atoms with Crippen LogP contribution in [-0.4, -0.2) is 90.5 Å². The first kappa shape index (κ1) is 33.0. The van der Waals surface area contributed by atoms with Gasteiger partial charge < -0.3 is 43.4 Å². The van der Waals surface area contributed by atoms with Gasteiger partial charge in [0.2, 0.25) is 0 Å². The summed E-state index contributed by atoms with van der Waals surface area (Å²) >= 11 is 0. The Morgan fingerprint density at radius 1 is 0.767 bits per heavy atom. The molecular weight excluding hydrogens is 560 g/mol. The maximum absolute atomic E-state index is 12.3. The summed E-state index contributed by atoms with van der Waals surface area (Å²) in [5, 5.41) is 21.2. The Kier molecular flexibility index (Phi) is 12.1. The summed E-state index contributed by atoms with van der Waals surface area (Å²) in [7, 11) is 0. The summed E-state index contributed by atoms with van der Waals surface area (Å²) in [5.74, 6) is -1.29. The van der Waals surface area contributed by atoms with Crippen LogP contribution in [0.1, 0.15) is 38.8 Å². The van der Waals surface area contributed by atoms with E-state index < -0.39 is 67.6 Å². The van der Waals surface area contributed by atoms with Crippen molar-refractivity contribution < 1.29 is 53.0 Å². The van der Waals surface area contributed by atoms with Crippen LogP contribution >= 0.6 is 0 Å². The number of aliphatic hydroxyl groups excluding tert-OH is 2. The van der Waals surface area contributed by atoms with Crippen LogP contribution in [-0.2, 0) is 56.0 Å². The van der Waals surface area contributed by atoms with Crippen LogP contribution in [0.5, 0.6) is 0 Å². The summed E-state index contributed by atoms with van der Waals surface area (Å²) in [6, 6.07) is 19.0. The number of aliphatic hydroxyl groups is 2. The highest BCUT2D eigenvalue weighted by molar-refractivity contribution is 5.66. The highest BCUT2D eigenvalue weighted by atomic mass is 16.7. The summed E-state index contributed by atoms with van der Waals surface area (Å²) in [6.45, 7) is 6.13. The van der Waals surface area contributed by atoms with E-state index in [-0.39, 0.29) is 31.8 Å². The van der Waals surface area contributed by atoms with Crippen molar-refractivity contribution in [3.8, 4) is 0 Å². The van der Waals surface area contributed by atoms with Crippen LogP contribution in [0.15, 0.2) is 60.7 Å². The molecule has 2 heterocycles. The molecule has 4 rings (SSSR count). The number of ether oxygens (including phenoxy) is 7. The lowest BCUT2D eigenvalue weighted by molar-refractivity contribution is -0.346. The maximum atomic E-state index is 12.3. The lowest BCUT2D eigenvalue weighted by Crippen LogP contribution is -2.64. The quantitative estimate of drug-likeness (QED) is 0.347. The Hall–Kier alpha value is -2.90. The number of hydrogen-bond acceptors (Lipinski definition) is 11. The molecule has 0 radical (unpaired) electrons. The van der Waals surface area contributed by atoms with Gasteiger partial charge in [0, 0.05) is 19.8 Å². The molecule has 2 aromatic carbocycles. The Morgan fingerprint density at radius 2 is 1.35 bits per heavy atom.